The van der Waals surface area contributed by atoms with Gasteiger partial charge in [0, 0.05) is 15.4 Å². The molecule has 0 fully saturated rings. The Morgan fingerprint density at radius 1 is 0.778 bits per heavy atom. The molecular formula is C29H23Br2NO4. The van der Waals surface area contributed by atoms with E-state index in [2.05, 4.69) is 37.2 Å². The molecular weight excluding hydrogens is 586 g/mol. The smallest absolute Gasteiger partial charge is 0.326 e. The topological polar surface area (TPSA) is 75.6 Å². The fourth-order valence-corrected chi connectivity index (χ4v) is 4.31. The molecule has 1 amide bonds. The minimum atomic E-state index is -1.11. The predicted octanol–water partition coefficient (Wildman–Crippen LogP) is 6.88. The van der Waals surface area contributed by atoms with E-state index in [4.69, 9.17) is 4.74 Å². The molecule has 4 aromatic rings. The van der Waals surface area contributed by atoms with Crippen LogP contribution >= 0.6 is 31.9 Å². The maximum Gasteiger partial charge on any atom is 0.326 e. The van der Waals surface area contributed by atoms with E-state index in [-0.39, 0.29) is 18.6 Å². The van der Waals surface area contributed by atoms with E-state index in [9.17, 15) is 14.7 Å². The number of rotatable bonds is 9. The van der Waals surface area contributed by atoms with Crippen LogP contribution in [0.3, 0.4) is 0 Å². The number of hydrogen-bond donors (Lipinski definition) is 2. The molecule has 0 aliphatic heterocycles. The lowest BCUT2D eigenvalue weighted by Crippen LogP contribution is -2.42. The number of ether oxygens (including phenoxy) is 1. The molecule has 0 saturated carbocycles. The normalized spacial score (nSPS) is 11.5. The molecule has 2 N–H and O–H groups in total. The lowest BCUT2D eigenvalue weighted by molar-refractivity contribution is -0.139. The molecule has 182 valence electrons. The van der Waals surface area contributed by atoms with Gasteiger partial charge >= 0.3 is 5.97 Å². The van der Waals surface area contributed by atoms with E-state index in [1.807, 2.05) is 78.9 Å². The van der Waals surface area contributed by atoms with Crippen LogP contribution in [0.25, 0.3) is 11.1 Å². The fraction of sp³-hybridized carbons (Fsp3) is 0.103. The van der Waals surface area contributed by atoms with Crippen LogP contribution in [0.5, 0.6) is 5.75 Å². The van der Waals surface area contributed by atoms with Gasteiger partial charge in [-0.2, -0.15) is 0 Å². The summed E-state index contributed by atoms with van der Waals surface area (Å²) in [7, 11) is 0. The summed E-state index contributed by atoms with van der Waals surface area (Å²) in [6.45, 7) is 0.269. The SMILES string of the molecule is O=C(NC(Cc1ccc(-c2ccccc2)cc1)C(=O)O)c1cc(Br)ccc1OCc1ccc(Br)cc1. The monoisotopic (exact) mass is 607 g/mol. The highest BCUT2D eigenvalue weighted by Gasteiger charge is 2.23. The molecule has 4 rings (SSSR count). The van der Waals surface area contributed by atoms with Gasteiger partial charge in [0.15, 0.2) is 0 Å². The first-order valence-corrected chi connectivity index (χ1v) is 12.8. The first-order chi connectivity index (χ1) is 17.4. The van der Waals surface area contributed by atoms with Crippen molar-refractivity contribution in [1.82, 2.24) is 5.32 Å². The molecule has 1 unspecified atom stereocenters. The fourth-order valence-electron chi connectivity index (χ4n) is 3.68. The van der Waals surface area contributed by atoms with Crippen molar-refractivity contribution in [3.05, 3.63) is 123 Å². The van der Waals surface area contributed by atoms with Crippen molar-refractivity contribution in [2.24, 2.45) is 0 Å². The van der Waals surface area contributed by atoms with E-state index < -0.39 is 17.9 Å². The largest absolute Gasteiger partial charge is 0.488 e. The first-order valence-electron chi connectivity index (χ1n) is 11.2. The molecule has 0 aliphatic rings. The zero-order chi connectivity index (χ0) is 25.5. The van der Waals surface area contributed by atoms with Crippen molar-refractivity contribution < 1.29 is 19.4 Å². The lowest BCUT2D eigenvalue weighted by Gasteiger charge is -2.17. The average molecular weight is 609 g/mol. The Morgan fingerprint density at radius 3 is 2.06 bits per heavy atom. The van der Waals surface area contributed by atoms with E-state index in [1.165, 1.54) is 0 Å². The second-order valence-corrected chi connectivity index (χ2v) is 10.0. The maximum atomic E-state index is 13.1. The number of carboxylic acid groups (broad SMARTS) is 1. The van der Waals surface area contributed by atoms with E-state index in [0.717, 1.165) is 26.7 Å². The lowest BCUT2D eigenvalue weighted by atomic mass is 10.0. The second kappa shape index (κ2) is 12.0. The number of amides is 1. The Morgan fingerprint density at radius 2 is 1.39 bits per heavy atom. The van der Waals surface area contributed by atoms with Gasteiger partial charge in [-0.15, -0.1) is 0 Å². The molecule has 0 bridgehead atoms. The van der Waals surface area contributed by atoms with Crippen LogP contribution < -0.4 is 10.1 Å². The summed E-state index contributed by atoms with van der Waals surface area (Å²) in [5.41, 5.74) is 4.12. The molecule has 36 heavy (non-hydrogen) atoms. The molecule has 5 nitrogen and oxygen atoms in total. The van der Waals surface area contributed by atoms with Crippen LogP contribution in [0.1, 0.15) is 21.5 Å². The van der Waals surface area contributed by atoms with Gasteiger partial charge in [-0.3, -0.25) is 4.79 Å². The van der Waals surface area contributed by atoms with Crippen LogP contribution in [0.4, 0.5) is 0 Å². The average Bonchev–Trinajstić information content (AvgIpc) is 2.89. The summed E-state index contributed by atoms with van der Waals surface area (Å²) in [5, 5.41) is 12.5. The molecule has 1 atom stereocenters. The van der Waals surface area contributed by atoms with E-state index in [1.54, 1.807) is 18.2 Å². The van der Waals surface area contributed by atoms with Crippen LogP contribution in [-0.4, -0.2) is 23.0 Å². The Hall–Kier alpha value is -3.42. The number of benzene rings is 4. The Bertz CT molecular complexity index is 1340. The highest BCUT2D eigenvalue weighted by Crippen LogP contribution is 2.25. The second-order valence-electron chi connectivity index (χ2n) is 8.19. The van der Waals surface area contributed by atoms with Gasteiger partial charge in [0.05, 0.1) is 5.56 Å². The molecule has 7 heteroatoms. The van der Waals surface area contributed by atoms with E-state index in [0.29, 0.717) is 10.2 Å². The van der Waals surface area contributed by atoms with Gasteiger partial charge in [0.1, 0.15) is 18.4 Å². The summed E-state index contributed by atoms with van der Waals surface area (Å²) in [5.74, 6) is -1.26. The minimum Gasteiger partial charge on any atom is -0.488 e. The van der Waals surface area contributed by atoms with Gasteiger partial charge in [0.25, 0.3) is 5.91 Å². The summed E-state index contributed by atoms with van der Waals surface area (Å²) in [4.78, 5) is 25.1. The predicted molar refractivity (Wildman–Crippen MR) is 147 cm³/mol. The van der Waals surface area contributed by atoms with Crippen LogP contribution in [0, 0.1) is 0 Å². The quantitative estimate of drug-likeness (QED) is 0.217. The molecule has 0 radical (unpaired) electrons. The van der Waals surface area contributed by atoms with Crippen LogP contribution in [0.15, 0.2) is 106 Å². The van der Waals surface area contributed by atoms with Crippen molar-refractivity contribution in [1.29, 1.82) is 0 Å². The first kappa shape index (κ1) is 25.7. The summed E-state index contributed by atoms with van der Waals surface area (Å²) in [6, 6.07) is 29.3. The Labute approximate surface area is 226 Å². The number of aliphatic carboxylic acids is 1. The van der Waals surface area contributed by atoms with Crippen molar-refractivity contribution in [3.63, 3.8) is 0 Å². The molecule has 4 aromatic carbocycles. The minimum absolute atomic E-state index is 0.152. The van der Waals surface area contributed by atoms with Crippen molar-refractivity contribution in [2.75, 3.05) is 0 Å². The van der Waals surface area contributed by atoms with Crippen molar-refractivity contribution >= 4 is 43.7 Å². The molecule has 0 saturated heterocycles. The van der Waals surface area contributed by atoms with Crippen LogP contribution in [-0.2, 0) is 17.8 Å². The van der Waals surface area contributed by atoms with Gasteiger partial charge < -0.3 is 15.2 Å². The third-order valence-electron chi connectivity index (χ3n) is 5.60. The van der Waals surface area contributed by atoms with Crippen LogP contribution in [0.2, 0.25) is 0 Å². The Kier molecular flexibility index (Phi) is 8.57. The standard InChI is InChI=1S/C29H23Br2NO4/c30-23-12-8-20(9-13-23)18-36-27-15-14-24(31)17-25(27)28(33)32-26(29(34)35)16-19-6-10-22(11-7-19)21-4-2-1-3-5-21/h1-15,17,26H,16,18H2,(H,32,33)(H,34,35). The molecule has 0 heterocycles. The number of carboxylic acids is 1. The molecule has 0 aliphatic carbocycles. The van der Waals surface area contributed by atoms with Crippen molar-refractivity contribution in [3.8, 4) is 16.9 Å². The van der Waals surface area contributed by atoms with Crippen molar-refractivity contribution in [2.45, 2.75) is 19.1 Å². The number of hydrogen-bond acceptors (Lipinski definition) is 3. The summed E-state index contributed by atoms with van der Waals surface area (Å²) < 4.78 is 7.56. The summed E-state index contributed by atoms with van der Waals surface area (Å²) in [6.07, 6.45) is 0.152. The summed E-state index contributed by atoms with van der Waals surface area (Å²) >= 11 is 6.79. The van der Waals surface area contributed by atoms with Gasteiger partial charge in [-0.25, -0.2) is 4.79 Å². The number of carbonyl (C=O) groups excluding carboxylic acids is 1. The highest BCUT2D eigenvalue weighted by atomic mass is 79.9. The maximum absolute atomic E-state index is 13.1. The highest BCUT2D eigenvalue weighted by molar-refractivity contribution is 9.10. The zero-order valence-corrected chi connectivity index (χ0v) is 22.3. The number of carbonyl (C=O) groups is 2. The Balaban J connectivity index is 1.46. The third-order valence-corrected chi connectivity index (χ3v) is 6.62. The van der Waals surface area contributed by atoms with Gasteiger partial charge in [-0.05, 0) is 52.6 Å². The van der Waals surface area contributed by atoms with Gasteiger partial charge in [0.2, 0.25) is 0 Å². The van der Waals surface area contributed by atoms with Gasteiger partial charge in [-0.1, -0.05) is 98.6 Å². The third kappa shape index (κ3) is 6.83. The number of halogens is 2. The molecule has 0 aromatic heterocycles. The molecule has 0 spiro atoms. The number of nitrogens with one attached hydrogen (secondary N) is 1. The zero-order valence-electron chi connectivity index (χ0n) is 19.2. The van der Waals surface area contributed by atoms with E-state index >= 15 is 0 Å².